The summed E-state index contributed by atoms with van der Waals surface area (Å²) in [6.07, 6.45) is 1.01. The maximum atomic E-state index is 11.4. The Morgan fingerprint density at radius 3 is 2.32 bits per heavy atom. The van der Waals surface area contributed by atoms with E-state index in [1.807, 2.05) is 20.8 Å². The molecule has 1 rings (SSSR count). The summed E-state index contributed by atoms with van der Waals surface area (Å²) in [4.78, 5) is 18.5. The Labute approximate surface area is 119 Å². The first-order valence-electron chi connectivity index (χ1n) is 6.73. The fraction of sp³-hybridized carbons (Fsp3) is 0.714. The number of nitrogens with zero attached hydrogens (tertiary/aromatic N) is 2. The van der Waals surface area contributed by atoms with Crippen LogP contribution in [0.1, 0.15) is 63.3 Å². The zero-order chi connectivity index (χ0) is 14.8. The van der Waals surface area contributed by atoms with Crippen molar-refractivity contribution in [2.45, 2.75) is 59.4 Å². The maximum Gasteiger partial charge on any atom is 0.347 e. The number of rotatable bonds is 5. The largest absolute Gasteiger partial charge is 0.477 e. The summed E-state index contributed by atoms with van der Waals surface area (Å²) in [5, 5.41) is 10.2. The first kappa shape index (κ1) is 16.0. The molecule has 1 N–H and O–H groups in total. The normalized spacial score (nSPS) is 13.4. The van der Waals surface area contributed by atoms with Crippen molar-refractivity contribution < 1.29 is 9.90 Å². The third-order valence-electron chi connectivity index (χ3n) is 3.23. The van der Waals surface area contributed by atoms with Crippen LogP contribution in [0.3, 0.4) is 0 Å². The summed E-state index contributed by atoms with van der Waals surface area (Å²) in [7, 11) is 0. The van der Waals surface area contributed by atoms with Crippen molar-refractivity contribution >= 4 is 22.4 Å². The highest BCUT2D eigenvalue weighted by molar-refractivity contribution is 7.17. The number of carbonyl (C=O) groups is 1. The van der Waals surface area contributed by atoms with Crippen LogP contribution in [0.2, 0.25) is 0 Å². The molecule has 1 aromatic heterocycles. The van der Waals surface area contributed by atoms with Gasteiger partial charge in [-0.05, 0) is 20.3 Å². The molecule has 0 bridgehead atoms. The molecular weight excluding hydrogens is 260 g/mol. The van der Waals surface area contributed by atoms with Crippen LogP contribution in [-0.2, 0) is 5.41 Å². The molecule has 0 aliphatic heterocycles. The lowest BCUT2D eigenvalue weighted by molar-refractivity contribution is 0.0699. The second-order valence-electron chi connectivity index (χ2n) is 5.77. The lowest BCUT2D eigenvalue weighted by Gasteiger charge is -2.26. The van der Waals surface area contributed by atoms with Gasteiger partial charge in [0.1, 0.15) is 4.88 Å². The van der Waals surface area contributed by atoms with Crippen molar-refractivity contribution in [2.75, 3.05) is 11.4 Å². The molecule has 0 amide bonds. The third-order valence-corrected chi connectivity index (χ3v) is 4.31. The van der Waals surface area contributed by atoms with Crippen molar-refractivity contribution in [3.8, 4) is 0 Å². The molecule has 0 aliphatic carbocycles. The van der Waals surface area contributed by atoms with Crippen LogP contribution in [0.4, 0.5) is 5.13 Å². The summed E-state index contributed by atoms with van der Waals surface area (Å²) in [5.41, 5.74) is 0.430. The molecule has 4 nitrogen and oxygen atoms in total. The number of hydrogen-bond donors (Lipinski definition) is 1. The van der Waals surface area contributed by atoms with E-state index in [0.29, 0.717) is 16.6 Å². The summed E-state index contributed by atoms with van der Waals surface area (Å²) in [5.74, 6) is -0.881. The number of aromatic nitrogens is 1. The van der Waals surface area contributed by atoms with E-state index in [-0.39, 0.29) is 5.41 Å². The van der Waals surface area contributed by atoms with Crippen molar-refractivity contribution in [3.05, 3.63) is 10.6 Å². The Morgan fingerprint density at radius 1 is 1.42 bits per heavy atom. The second kappa shape index (κ2) is 5.90. The Kier molecular flexibility index (Phi) is 4.96. The molecule has 5 heteroatoms. The predicted molar refractivity (Wildman–Crippen MR) is 80.5 cm³/mol. The molecule has 0 saturated carbocycles. The van der Waals surface area contributed by atoms with E-state index in [4.69, 9.17) is 0 Å². The molecule has 1 heterocycles. The predicted octanol–water partition coefficient (Wildman–Crippen LogP) is 3.76. The number of anilines is 1. The van der Waals surface area contributed by atoms with E-state index < -0.39 is 5.97 Å². The Hall–Kier alpha value is -1.10. The topological polar surface area (TPSA) is 53.4 Å². The van der Waals surface area contributed by atoms with E-state index in [9.17, 15) is 9.90 Å². The highest BCUT2D eigenvalue weighted by atomic mass is 32.1. The molecule has 1 aromatic rings. The zero-order valence-corrected chi connectivity index (χ0v) is 13.5. The molecule has 1 unspecified atom stereocenters. The molecular formula is C14H24N2O2S. The minimum Gasteiger partial charge on any atom is -0.477 e. The second-order valence-corrected chi connectivity index (χ2v) is 6.75. The van der Waals surface area contributed by atoms with Crippen molar-refractivity contribution in [1.29, 1.82) is 0 Å². The molecule has 0 spiro atoms. The van der Waals surface area contributed by atoms with E-state index >= 15 is 0 Å². The molecule has 1 atom stereocenters. The van der Waals surface area contributed by atoms with E-state index in [1.54, 1.807) is 0 Å². The standard InChI is InChI=1S/C14H24N2O2S/c1-7-9(3)16(8-2)13-15-11(14(4,5)6)10(19-13)12(17)18/h9H,7-8H2,1-6H3,(H,17,18). The van der Waals surface area contributed by atoms with Gasteiger partial charge >= 0.3 is 5.97 Å². The van der Waals surface area contributed by atoms with Gasteiger partial charge in [0.05, 0.1) is 5.69 Å². The van der Waals surface area contributed by atoms with E-state index in [1.165, 1.54) is 11.3 Å². The van der Waals surface area contributed by atoms with Gasteiger partial charge in [-0.1, -0.05) is 39.0 Å². The van der Waals surface area contributed by atoms with Crippen LogP contribution in [0.25, 0.3) is 0 Å². The number of aromatic carboxylic acids is 1. The molecule has 0 aliphatic rings. The molecule has 19 heavy (non-hydrogen) atoms. The smallest absolute Gasteiger partial charge is 0.347 e. The number of hydrogen-bond acceptors (Lipinski definition) is 4. The van der Waals surface area contributed by atoms with Crippen LogP contribution in [0.15, 0.2) is 0 Å². The Morgan fingerprint density at radius 2 is 2.00 bits per heavy atom. The fourth-order valence-corrected chi connectivity index (χ4v) is 3.22. The van der Waals surface area contributed by atoms with Crippen LogP contribution in [0.5, 0.6) is 0 Å². The molecule has 0 radical (unpaired) electrons. The van der Waals surface area contributed by atoms with Crippen LogP contribution in [0, 0.1) is 0 Å². The average Bonchev–Trinajstić information content (AvgIpc) is 2.74. The van der Waals surface area contributed by atoms with Crippen molar-refractivity contribution in [3.63, 3.8) is 0 Å². The minimum absolute atomic E-state index is 0.253. The van der Waals surface area contributed by atoms with Crippen LogP contribution < -0.4 is 4.90 Å². The van der Waals surface area contributed by atoms with Gasteiger partial charge < -0.3 is 10.0 Å². The molecule has 0 fully saturated rings. The average molecular weight is 284 g/mol. The summed E-state index contributed by atoms with van der Waals surface area (Å²) >= 11 is 1.29. The highest BCUT2D eigenvalue weighted by Crippen LogP contribution is 2.34. The maximum absolute atomic E-state index is 11.4. The number of thiazole rings is 1. The lowest BCUT2D eigenvalue weighted by Crippen LogP contribution is -2.32. The quantitative estimate of drug-likeness (QED) is 0.894. The van der Waals surface area contributed by atoms with E-state index in [0.717, 1.165) is 18.1 Å². The monoisotopic (exact) mass is 284 g/mol. The first-order valence-corrected chi connectivity index (χ1v) is 7.55. The number of carboxylic acids is 1. The van der Waals surface area contributed by atoms with Gasteiger partial charge in [0.15, 0.2) is 5.13 Å². The van der Waals surface area contributed by atoms with Crippen molar-refractivity contribution in [1.82, 2.24) is 4.98 Å². The highest BCUT2D eigenvalue weighted by Gasteiger charge is 2.29. The molecule has 0 aromatic carbocycles. The summed E-state index contributed by atoms with van der Waals surface area (Å²) in [6, 6.07) is 0.366. The van der Waals surface area contributed by atoms with Crippen LogP contribution in [-0.4, -0.2) is 28.6 Å². The third kappa shape index (κ3) is 3.47. The molecule has 108 valence electrons. The summed E-state index contributed by atoms with van der Waals surface area (Å²) < 4.78 is 0. The van der Waals surface area contributed by atoms with Gasteiger partial charge in [-0.15, -0.1) is 0 Å². The fourth-order valence-electron chi connectivity index (χ4n) is 1.94. The van der Waals surface area contributed by atoms with Gasteiger partial charge in [0.2, 0.25) is 0 Å². The number of carboxylic acid groups (broad SMARTS) is 1. The molecule has 0 saturated heterocycles. The van der Waals surface area contributed by atoms with Crippen molar-refractivity contribution in [2.24, 2.45) is 0 Å². The SMILES string of the molecule is CCC(C)N(CC)c1nc(C(C)(C)C)c(C(=O)O)s1. The van der Waals surface area contributed by atoms with Gasteiger partial charge in [-0.25, -0.2) is 9.78 Å². The van der Waals surface area contributed by atoms with Gasteiger partial charge in [-0.2, -0.15) is 0 Å². The van der Waals surface area contributed by atoms with Gasteiger partial charge in [-0.3, -0.25) is 0 Å². The van der Waals surface area contributed by atoms with E-state index in [2.05, 4.69) is 30.7 Å². The Bertz CT molecular complexity index is 449. The lowest BCUT2D eigenvalue weighted by atomic mass is 9.91. The van der Waals surface area contributed by atoms with Gasteiger partial charge in [0.25, 0.3) is 0 Å². The summed E-state index contributed by atoms with van der Waals surface area (Å²) in [6.45, 7) is 13.2. The Balaban J connectivity index is 3.28. The van der Waals surface area contributed by atoms with Crippen LogP contribution >= 0.6 is 11.3 Å². The minimum atomic E-state index is -0.881. The first-order chi connectivity index (χ1) is 8.72. The van der Waals surface area contributed by atoms with Gasteiger partial charge in [0, 0.05) is 18.0 Å². The zero-order valence-electron chi connectivity index (χ0n) is 12.6.